The van der Waals surface area contributed by atoms with Crippen LogP contribution in [0.25, 0.3) is 10.3 Å². The Kier molecular flexibility index (Phi) is 6.26. The third-order valence-corrected chi connectivity index (χ3v) is 7.08. The van der Waals surface area contributed by atoms with E-state index in [1.807, 2.05) is 6.92 Å². The van der Waals surface area contributed by atoms with Crippen LogP contribution in [0, 0.1) is 5.82 Å². The fourth-order valence-corrected chi connectivity index (χ4v) is 5.29. The minimum Gasteiger partial charge on any atom is -0.348 e. The summed E-state index contributed by atoms with van der Waals surface area (Å²) in [6, 6.07) is 3.76. The van der Waals surface area contributed by atoms with E-state index in [4.69, 9.17) is 11.6 Å². The molecular formula is C19H19ClFN5O2S2. The van der Waals surface area contributed by atoms with Crippen molar-refractivity contribution in [3.05, 3.63) is 39.4 Å². The van der Waals surface area contributed by atoms with E-state index in [-0.39, 0.29) is 22.2 Å². The summed E-state index contributed by atoms with van der Waals surface area (Å²) in [5.41, 5.74) is 0.603. The monoisotopic (exact) mass is 467 g/mol. The van der Waals surface area contributed by atoms with Gasteiger partial charge in [-0.05, 0) is 38.0 Å². The third-order valence-electron chi connectivity index (χ3n) is 4.70. The molecular weight excluding hydrogens is 449 g/mol. The lowest BCUT2D eigenvalue weighted by atomic mass is 10.3. The average molecular weight is 468 g/mol. The van der Waals surface area contributed by atoms with Crippen LogP contribution < -0.4 is 15.8 Å². The molecule has 0 saturated carbocycles. The highest BCUT2D eigenvalue weighted by atomic mass is 35.5. The molecule has 1 saturated heterocycles. The van der Waals surface area contributed by atoms with E-state index in [0.717, 1.165) is 48.9 Å². The number of carbonyl (C=O) groups excluding carboxylic acids is 1. The summed E-state index contributed by atoms with van der Waals surface area (Å²) in [6.07, 6.45) is 2.24. The predicted molar refractivity (Wildman–Crippen MR) is 120 cm³/mol. The first kappa shape index (κ1) is 21.1. The maximum Gasteiger partial charge on any atom is 0.273 e. The lowest BCUT2D eigenvalue weighted by Gasteiger charge is -2.11. The molecule has 1 fully saturated rings. The number of hydrogen-bond donors (Lipinski definition) is 1. The molecule has 0 spiro atoms. The van der Waals surface area contributed by atoms with Gasteiger partial charge in [0.15, 0.2) is 15.9 Å². The van der Waals surface area contributed by atoms with Gasteiger partial charge in [-0.2, -0.15) is 4.98 Å². The molecule has 1 aliphatic rings. The molecule has 3 heterocycles. The number of anilines is 2. The first-order valence-electron chi connectivity index (χ1n) is 9.50. The van der Waals surface area contributed by atoms with Gasteiger partial charge >= 0.3 is 0 Å². The Labute approximate surface area is 185 Å². The molecule has 1 aromatic carbocycles. The first-order valence-corrected chi connectivity index (χ1v) is 11.7. The highest BCUT2D eigenvalue weighted by Crippen LogP contribution is 2.29. The van der Waals surface area contributed by atoms with Crippen molar-refractivity contribution < 1.29 is 9.18 Å². The Morgan fingerprint density at radius 2 is 2.10 bits per heavy atom. The molecule has 4 rings (SSSR count). The lowest BCUT2D eigenvalue weighted by Crippen LogP contribution is -2.23. The second-order valence-electron chi connectivity index (χ2n) is 6.75. The maximum absolute atomic E-state index is 13.2. The molecule has 0 radical (unpaired) electrons. The summed E-state index contributed by atoms with van der Waals surface area (Å²) < 4.78 is 15.2. The smallest absolute Gasteiger partial charge is 0.273 e. The number of aromatic nitrogens is 3. The van der Waals surface area contributed by atoms with Crippen molar-refractivity contribution >= 4 is 61.8 Å². The van der Waals surface area contributed by atoms with Crippen LogP contribution in [0.3, 0.4) is 0 Å². The molecule has 0 unspecified atom stereocenters. The quantitative estimate of drug-likeness (QED) is 0.436. The first-order chi connectivity index (χ1) is 14.5. The summed E-state index contributed by atoms with van der Waals surface area (Å²) in [5, 5.41) is 4.02. The second kappa shape index (κ2) is 8.91. The highest BCUT2D eigenvalue weighted by molar-refractivity contribution is 7.99. The molecule has 158 valence electrons. The van der Waals surface area contributed by atoms with E-state index in [1.54, 1.807) is 4.57 Å². The molecule has 0 atom stereocenters. The van der Waals surface area contributed by atoms with E-state index in [0.29, 0.717) is 27.7 Å². The van der Waals surface area contributed by atoms with Gasteiger partial charge in [-0.15, -0.1) is 0 Å². The van der Waals surface area contributed by atoms with Crippen LogP contribution in [0.1, 0.15) is 19.8 Å². The van der Waals surface area contributed by atoms with Gasteiger partial charge in [0.2, 0.25) is 5.91 Å². The van der Waals surface area contributed by atoms with Gasteiger partial charge in [0.1, 0.15) is 10.5 Å². The molecule has 11 heteroatoms. The number of halogens is 2. The van der Waals surface area contributed by atoms with Crippen molar-refractivity contribution in [2.24, 2.45) is 0 Å². The predicted octanol–water partition coefficient (Wildman–Crippen LogP) is 4.00. The number of fused-ring (bicyclic) bond motifs is 1. The Hall–Kier alpha value is -2.17. The summed E-state index contributed by atoms with van der Waals surface area (Å²) >= 11 is 8.48. The van der Waals surface area contributed by atoms with E-state index in [1.165, 1.54) is 23.5 Å². The Morgan fingerprint density at radius 1 is 1.33 bits per heavy atom. The van der Waals surface area contributed by atoms with Gasteiger partial charge < -0.3 is 10.2 Å². The normalized spacial score (nSPS) is 13.9. The standard InChI is InChI=1S/C19H19ClFN5O2S2/c1-2-26-17(28)15-16(23-18(30-15)25-7-3-4-8-25)24-19(26)29-10-14(27)22-13-6-5-11(21)9-12(13)20/h5-6,9H,2-4,7-8,10H2,1H3,(H,22,27). The Bertz CT molecular complexity index is 1160. The third kappa shape index (κ3) is 4.30. The number of nitrogens with one attached hydrogen (secondary N) is 1. The largest absolute Gasteiger partial charge is 0.348 e. The number of carbonyl (C=O) groups is 1. The maximum atomic E-state index is 13.2. The lowest BCUT2D eigenvalue weighted by molar-refractivity contribution is -0.113. The van der Waals surface area contributed by atoms with Gasteiger partial charge in [-0.3, -0.25) is 14.2 Å². The van der Waals surface area contributed by atoms with Crippen LogP contribution in [0.2, 0.25) is 5.02 Å². The minimum absolute atomic E-state index is 0.0226. The van der Waals surface area contributed by atoms with Gasteiger partial charge in [-0.25, -0.2) is 9.37 Å². The van der Waals surface area contributed by atoms with Crippen LogP contribution in [0.5, 0.6) is 0 Å². The molecule has 0 bridgehead atoms. The number of amides is 1. The summed E-state index contributed by atoms with van der Waals surface area (Å²) in [5.74, 6) is -0.788. The van der Waals surface area contributed by atoms with E-state index in [2.05, 4.69) is 20.2 Å². The van der Waals surface area contributed by atoms with Crippen molar-refractivity contribution in [3.63, 3.8) is 0 Å². The van der Waals surface area contributed by atoms with Crippen molar-refractivity contribution in [2.45, 2.75) is 31.5 Å². The highest BCUT2D eigenvalue weighted by Gasteiger charge is 2.21. The zero-order valence-corrected chi connectivity index (χ0v) is 18.5. The number of thiazole rings is 1. The van der Waals surface area contributed by atoms with Crippen LogP contribution >= 0.6 is 34.7 Å². The van der Waals surface area contributed by atoms with Crippen LogP contribution in [0.15, 0.2) is 28.2 Å². The zero-order valence-electron chi connectivity index (χ0n) is 16.2. The molecule has 1 aliphatic heterocycles. The molecule has 2 aromatic heterocycles. The topological polar surface area (TPSA) is 80.1 Å². The second-order valence-corrected chi connectivity index (χ2v) is 9.08. The van der Waals surface area contributed by atoms with Gasteiger partial charge in [-0.1, -0.05) is 34.7 Å². The van der Waals surface area contributed by atoms with Gasteiger partial charge in [0.25, 0.3) is 5.56 Å². The zero-order chi connectivity index (χ0) is 21.3. The van der Waals surface area contributed by atoms with Crippen molar-refractivity contribution in [1.29, 1.82) is 0 Å². The average Bonchev–Trinajstić information content (AvgIpc) is 3.38. The summed E-state index contributed by atoms with van der Waals surface area (Å²) in [7, 11) is 0. The van der Waals surface area contributed by atoms with E-state index >= 15 is 0 Å². The molecule has 7 nitrogen and oxygen atoms in total. The van der Waals surface area contributed by atoms with E-state index in [9.17, 15) is 14.0 Å². The van der Waals surface area contributed by atoms with Gasteiger partial charge in [0, 0.05) is 19.6 Å². The fourth-order valence-electron chi connectivity index (χ4n) is 3.22. The molecule has 3 aromatic rings. The van der Waals surface area contributed by atoms with Crippen LogP contribution in [0.4, 0.5) is 15.2 Å². The SMILES string of the molecule is CCn1c(SCC(=O)Nc2ccc(F)cc2Cl)nc2nc(N3CCCC3)sc2c1=O. The van der Waals surface area contributed by atoms with Gasteiger partial charge in [0.05, 0.1) is 16.5 Å². The minimum atomic E-state index is -0.478. The molecule has 30 heavy (non-hydrogen) atoms. The number of rotatable bonds is 6. The van der Waals surface area contributed by atoms with Crippen molar-refractivity contribution in [2.75, 3.05) is 29.1 Å². The fraction of sp³-hybridized carbons (Fsp3) is 0.368. The molecule has 0 aliphatic carbocycles. The number of nitrogens with zero attached hydrogens (tertiary/aromatic N) is 4. The Balaban J connectivity index is 1.54. The molecule has 1 N–H and O–H groups in total. The summed E-state index contributed by atoms with van der Waals surface area (Å²) in [4.78, 5) is 36.5. The van der Waals surface area contributed by atoms with Crippen LogP contribution in [-0.4, -0.2) is 39.3 Å². The number of hydrogen-bond acceptors (Lipinski definition) is 7. The van der Waals surface area contributed by atoms with Crippen molar-refractivity contribution in [1.82, 2.24) is 14.5 Å². The van der Waals surface area contributed by atoms with Crippen molar-refractivity contribution in [3.8, 4) is 0 Å². The summed E-state index contributed by atoms with van der Waals surface area (Å²) in [6.45, 7) is 4.18. The number of thioether (sulfide) groups is 1. The molecule has 1 amide bonds. The van der Waals surface area contributed by atoms with Crippen LogP contribution in [-0.2, 0) is 11.3 Å². The van der Waals surface area contributed by atoms with E-state index < -0.39 is 5.82 Å². The Morgan fingerprint density at radius 3 is 2.80 bits per heavy atom. The number of benzene rings is 1.